The monoisotopic (exact) mass is 315 g/mol. The molecule has 2 amide bonds. The summed E-state index contributed by atoms with van der Waals surface area (Å²) in [6.07, 6.45) is -2.35. The average Bonchev–Trinajstić information content (AvgIpc) is 2.59. The third kappa shape index (κ3) is 3.56. The van der Waals surface area contributed by atoms with Gasteiger partial charge in [0.05, 0.1) is 12.7 Å². The van der Waals surface area contributed by atoms with E-state index in [-0.39, 0.29) is 6.61 Å². The molecule has 0 aromatic heterocycles. The molecular weight excluding hydrogens is 294 g/mol. The molecule has 0 aromatic carbocycles. The Morgan fingerprint density at radius 1 is 1.36 bits per heavy atom. The molecule has 2 N–H and O–H groups in total. The van der Waals surface area contributed by atoms with Gasteiger partial charge in [0, 0.05) is 0 Å². The van der Waals surface area contributed by atoms with Crippen molar-refractivity contribution in [1.29, 1.82) is 0 Å². The van der Waals surface area contributed by atoms with Crippen LogP contribution in [0.25, 0.3) is 0 Å². The van der Waals surface area contributed by atoms with Gasteiger partial charge in [-0.3, -0.25) is 4.79 Å². The Bertz CT molecular complexity index is 516. The predicted octanol–water partition coefficient (Wildman–Crippen LogP) is 0.888. The molecule has 8 heteroatoms. The van der Waals surface area contributed by atoms with Crippen LogP contribution >= 0.6 is 0 Å². The van der Waals surface area contributed by atoms with E-state index >= 15 is 0 Å². The second kappa shape index (κ2) is 6.35. The zero-order valence-electron chi connectivity index (χ0n) is 13.2. The fourth-order valence-electron chi connectivity index (χ4n) is 1.97. The third-order valence-electron chi connectivity index (χ3n) is 2.77. The molecular formula is C14H21NO7. The molecule has 1 unspecified atom stereocenters. The van der Waals surface area contributed by atoms with Crippen LogP contribution in [-0.4, -0.2) is 57.4 Å². The molecule has 0 saturated heterocycles. The van der Waals surface area contributed by atoms with Crippen LogP contribution in [0.1, 0.15) is 34.6 Å². The van der Waals surface area contributed by atoms with Gasteiger partial charge in [-0.05, 0) is 34.6 Å². The normalized spacial score (nSPS) is 20.2. The van der Waals surface area contributed by atoms with Gasteiger partial charge in [0.25, 0.3) is 5.91 Å². The summed E-state index contributed by atoms with van der Waals surface area (Å²) in [5.41, 5.74) is -1.55. The van der Waals surface area contributed by atoms with Gasteiger partial charge in [-0.2, -0.15) is 0 Å². The van der Waals surface area contributed by atoms with Crippen molar-refractivity contribution in [2.75, 3.05) is 6.61 Å². The summed E-state index contributed by atoms with van der Waals surface area (Å²) in [5, 5.41) is 19.8. The van der Waals surface area contributed by atoms with Gasteiger partial charge in [-0.25, -0.2) is 14.5 Å². The topological polar surface area (TPSA) is 113 Å². The van der Waals surface area contributed by atoms with Crippen molar-refractivity contribution in [3.05, 3.63) is 11.3 Å². The van der Waals surface area contributed by atoms with Gasteiger partial charge in [0.1, 0.15) is 17.4 Å². The van der Waals surface area contributed by atoms with Crippen LogP contribution in [0.15, 0.2) is 11.3 Å². The van der Waals surface area contributed by atoms with Gasteiger partial charge < -0.3 is 19.7 Å². The maximum absolute atomic E-state index is 12.3. The summed E-state index contributed by atoms with van der Waals surface area (Å²) in [6.45, 7) is 7.61. The van der Waals surface area contributed by atoms with Crippen LogP contribution in [0.5, 0.6) is 0 Å². The average molecular weight is 315 g/mol. The Balaban J connectivity index is 3.19. The number of carbonyl (C=O) groups is 3. The predicted molar refractivity (Wildman–Crippen MR) is 74.8 cm³/mol. The molecule has 1 heterocycles. The van der Waals surface area contributed by atoms with E-state index in [4.69, 9.17) is 4.74 Å². The zero-order valence-corrected chi connectivity index (χ0v) is 13.2. The number of hydrogen-bond donors (Lipinski definition) is 2. The van der Waals surface area contributed by atoms with Crippen LogP contribution < -0.4 is 0 Å². The van der Waals surface area contributed by atoms with E-state index in [9.17, 15) is 24.6 Å². The van der Waals surface area contributed by atoms with E-state index in [1.165, 1.54) is 13.8 Å². The van der Waals surface area contributed by atoms with Gasteiger partial charge >= 0.3 is 12.1 Å². The number of ether oxygens (including phenoxy) is 2. The number of aliphatic hydroxyl groups is 2. The van der Waals surface area contributed by atoms with Gasteiger partial charge in [-0.1, -0.05) is 0 Å². The second-order valence-electron chi connectivity index (χ2n) is 5.82. The smallest absolute Gasteiger partial charge is 0.418 e. The lowest BCUT2D eigenvalue weighted by atomic mass is 10.1. The summed E-state index contributed by atoms with van der Waals surface area (Å²) >= 11 is 0. The number of esters is 1. The minimum atomic E-state index is -1.39. The van der Waals surface area contributed by atoms with Crippen LogP contribution in [0.2, 0.25) is 0 Å². The maximum atomic E-state index is 12.3. The Kier molecular flexibility index (Phi) is 5.18. The maximum Gasteiger partial charge on any atom is 0.418 e. The minimum absolute atomic E-state index is 0.00528. The van der Waals surface area contributed by atoms with Crippen molar-refractivity contribution in [1.82, 2.24) is 4.90 Å². The van der Waals surface area contributed by atoms with Crippen molar-refractivity contribution >= 4 is 18.0 Å². The number of aliphatic hydroxyl groups excluding tert-OH is 2. The van der Waals surface area contributed by atoms with Crippen molar-refractivity contribution < 1.29 is 34.1 Å². The molecule has 0 bridgehead atoms. The number of carbonyl (C=O) groups excluding carboxylic acids is 3. The summed E-state index contributed by atoms with van der Waals surface area (Å²) in [4.78, 5) is 36.7. The first-order chi connectivity index (χ1) is 10.0. The first-order valence-corrected chi connectivity index (χ1v) is 6.86. The number of amides is 2. The first-order valence-electron chi connectivity index (χ1n) is 6.86. The van der Waals surface area contributed by atoms with Crippen molar-refractivity contribution in [3.63, 3.8) is 0 Å². The van der Waals surface area contributed by atoms with E-state index < -0.39 is 47.0 Å². The van der Waals surface area contributed by atoms with Crippen LogP contribution in [-0.2, 0) is 19.1 Å². The second-order valence-corrected chi connectivity index (χ2v) is 5.82. The highest BCUT2D eigenvalue weighted by atomic mass is 16.6. The number of nitrogens with zero attached hydrogens (tertiary/aromatic N) is 1. The number of rotatable bonds is 3. The van der Waals surface area contributed by atoms with Crippen LogP contribution in [0.4, 0.5) is 4.79 Å². The highest BCUT2D eigenvalue weighted by molar-refractivity contribution is 6.22. The highest BCUT2D eigenvalue weighted by Crippen LogP contribution is 2.29. The fraction of sp³-hybridized carbons (Fsp3) is 0.643. The SMILES string of the molecule is CCOC(=O)C1=C(O)[C@H](C(C)O)N(C(=O)OC(C)(C)C)C1=O. The molecule has 124 valence electrons. The summed E-state index contributed by atoms with van der Waals surface area (Å²) < 4.78 is 9.76. The summed E-state index contributed by atoms with van der Waals surface area (Å²) in [5.74, 6) is -2.82. The number of imide groups is 1. The lowest BCUT2D eigenvalue weighted by Crippen LogP contribution is -2.48. The summed E-state index contributed by atoms with van der Waals surface area (Å²) in [7, 11) is 0. The van der Waals surface area contributed by atoms with E-state index in [1.54, 1.807) is 20.8 Å². The molecule has 0 radical (unpaired) electrons. The molecule has 0 spiro atoms. The lowest BCUT2D eigenvalue weighted by Gasteiger charge is -2.28. The van der Waals surface area contributed by atoms with E-state index in [0.717, 1.165) is 0 Å². The largest absolute Gasteiger partial charge is 0.509 e. The Labute approximate surface area is 128 Å². The van der Waals surface area contributed by atoms with E-state index in [1.807, 2.05) is 0 Å². The molecule has 0 fully saturated rings. The van der Waals surface area contributed by atoms with Crippen LogP contribution in [0.3, 0.4) is 0 Å². The van der Waals surface area contributed by atoms with Crippen molar-refractivity contribution in [3.8, 4) is 0 Å². The molecule has 0 aromatic rings. The van der Waals surface area contributed by atoms with Gasteiger partial charge in [-0.15, -0.1) is 0 Å². The highest BCUT2D eigenvalue weighted by Gasteiger charge is 2.50. The molecule has 0 aliphatic carbocycles. The van der Waals surface area contributed by atoms with Crippen LogP contribution in [0, 0.1) is 0 Å². The molecule has 22 heavy (non-hydrogen) atoms. The molecule has 8 nitrogen and oxygen atoms in total. The van der Waals surface area contributed by atoms with Crippen molar-refractivity contribution in [2.45, 2.75) is 52.4 Å². The van der Waals surface area contributed by atoms with Gasteiger partial charge in [0.15, 0.2) is 5.57 Å². The quantitative estimate of drug-likeness (QED) is 0.587. The Morgan fingerprint density at radius 2 is 1.91 bits per heavy atom. The lowest BCUT2D eigenvalue weighted by molar-refractivity contribution is -0.141. The molecule has 1 aliphatic rings. The van der Waals surface area contributed by atoms with E-state index in [0.29, 0.717) is 4.90 Å². The Morgan fingerprint density at radius 3 is 2.32 bits per heavy atom. The first kappa shape index (κ1) is 18.0. The van der Waals surface area contributed by atoms with Crippen molar-refractivity contribution in [2.24, 2.45) is 0 Å². The Hall–Kier alpha value is -2.09. The number of hydrogen-bond acceptors (Lipinski definition) is 7. The van der Waals surface area contributed by atoms with E-state index in [2.05, 4.69) is 4.74 Å². The van der Waals surface area contributed by atoms with Gasteiger partial charge in [0.2, 0.25) is 0 Å². The summed E-state index contributed by atoms with van der Waals surface area (Å²) in [6, 6.07) is -1.39. The standard InChI is InChI=1S/C14H21NO7/c1-6-21-12(19)8-10(17)9(7(2)16)15(11(8)18)13(20)22-14(3,4)5/h7,9,16-17H,6H2,1-5H3/t7?,9-/m0/s1. The fourth-order valence-corrected chi connectivity index (χ4v) is 1.97. The molecule has 0 saturated carbocycles. The molecule has 1 aliphatic heterocycles. The zero-order chi connectivity index (χ0) is 17.2. The molecule has 2 atom stereocenters. The molecule has 1 rings (SSSR count). The third-order valence-corrected chi connectivity index (χ3v) is 2.77. The minimum Gasteiger partial charge on any atom is -0.509 e.